The van der Waals surface area contributed by atoms with Crippen LogP contribution in [0.15, 0.2) is 36.4 Å². The van der Waals surface area contributed by atoms with Crippen molar-refractivity contribution in [3.8, 4) is 0 Å². The van der Waals surface area contributed by atoms with Crippen molar-refractivity contribution in [1.29, 1.82) is 0 Å². The molecule has 30 heavy (non-hydrogen) atoms. The lowest BCUT2D eigenvalue weighted by Crippen LogP contribution is -2.71. The summed E-state index contributed by atoms with van der Waals surface area (Å²) in [6.07, 6.45) is 0. The van der Waals surface area contributed by atoms with Gasteiger partial charge in [0.1, 0.15) is 0 Å². The monoisotopic (exact) mass is 414 g/mol. The molecule has 0 saturated heterocycles. The fraction of sp³-hybridized carbons (Fsp3) is 0.273. The van der Waals surface area contributed by atoms with Crippen LogP contribution in [0.1, 0.15) is 43.0 Å². The van der Waals surface area contributed by atoms with E-state index in [1.165, 1.54) is 36.4 Å². The Kier molecular flexibility index (Phi) is 5.97. The normalized spacial score (nSPS) is 15.0. The van der Waals surface area contributed by atoms with E-state index in [0.717, 1.165) is 11.1 Å². The zero-order valence-electron chi connectivity index (χ0n) is 16.9. The van der Waals surface area contributed by atoms with Gasteiger partial charge in [0.2, 0.25) is 11.6 Å². The average Bonchev–Trinajstić information content (AvgIpc) is 2.69. The highest BCUT2D eigenvalue weighted by Crippen LogP contribution is 2.32. The third kappa shape index (κ3) is 3.40. The number of ketones is 2. The molecule has 0 radical (unpaired) electrons. The summed E-state index contributed by atoms with van der Waals surface area (Å²) in [7, 11) is 0. The van der Waals surface area contributed by atoms with Gasteiger partial charge < -0.3 is 20.4 Å². The lowest BCUT2D eigenvalue weighted by molar-refractivity contribution is -0.187. The molecule has 2 unspecified atom stereocenters. The molecule has 0 amide bonds. The molecule has 8 nitrogen and oxygen atoms in total. The summed E-state index contributed by atoms with van der Waals surface area (Å²) < 4.78 is 0. The number of benzene rings is 2. The fourth-order valence-electron chi connectivity index (χ4n) is 3.02. The number of carboxylic acids is 2. The van der Waals surface area contributed by atoms with Crippen LogP contribution in [-0.4, -0.2) is 55.1 Å². The number of rotatable bonds is 7. The molecule has 2 aromatic carbocycles. The first-order chi connectivity index (χ1) is 13.8. The summed E-state index contributed by atoms with van der Waals surface area (Å²) in [4.78, 5) is 49.8. The zero-order chi connectivity index (χ0) is 23.0. The number of carbonyl (C=O) groups excluding carboxylic acids is 2. The molecule has 0 fully saturated rings. The maximum Gasteiger partial charge on any atom is 0.348 e. The van der Waals surface area contributed by atoms with Crippen molar-refractivity contribution in [3.63, 3.8) is 0 Å². The molecule has 0 aliphatic heterocycles. The van der Waals surface area contributed by atoms with Gasteiger partial charge in [-0.1, -0.05) is 24.3 Å². The number of aryl methyl sites for hydroxylation is 4. The van der Waals surface area contributed by atoms with Gasteiger partial charge in [0.15, 0.2) is 0 Å². The van der Waals surface area contributed by atoms with Gasteiger partial charge in [-0.05, 0) is 62.1 Å². The van der Waals surface area contributed by atoms with Gasteiger partial charge in [-0.25, -0.2) is 9.59 Å². The van der Waals surface area contributed by atoms with Gasteiger partial charge in [-0.15, -0.1) is 0 Å². The molecule has 0 spiro atoms. The van der Waals surface area contributed by atoms with Crippen LogP contribution < -0.4 is 0 Å². The second-order valence-electron chi connectivity index (χ2n) is 7.29. The molecule has 2 atom stereocenters. The van der Waals surface area contributed by atoms with Crippen LogP contribution in [0.2, 0.25) is 0 Å². The van der Waals surface area contributed by atoms with Crippen LogP contribution in [0.4, 0.5) is 0 Å². The van der Waals surface area contributed by atoms with Crippen LogP contribution in [0.5, 0.6) is 0 Å². The molecule has 0 heterocycles. The Morgan fingerprint density at radius 2 is 0.900 bits per heavy atom. The average molecular weight is 414 g/mol. The van der Waals surface area contributed by atoms with Crippen molar-refractivity contribution < 1.29 is 39.6 Å². The Hall–Kier alpha value is -3.36. The molecule has 0 aromatic heterocycles. The predicted molar refractivity (Wildman–Crippen MR) is 106 cm³/mol. The summed E-state index contributed by atoms with van der Waals surface area (Å²) in [5.74, 6) is -7.99. The van der Waals surface area contributed by atoms with Crippen molar-refractivity contribution in [2.24, 2.45) is 0 Å². The largest absolute Gasteiger partial charge is 0.479 e. The number of carboxylic acid groups (broad SMARTS) is 2. The quantitative estimate of drug-likeness (QED) is 0.394. The summed E-state index contributed by atoms with van der Waals surface area (Å²) in [5, 5.41) is 40.9. The van der Waals surface area contributed by atoms with Crippen LogP contribution in [-0.2, 0) is 9.59 Å². The summed E-state index contributed by atoms with van der Waals surface area (Å²) in [6.45, 7) is 6.69. The van der Waals surface area contributed by atoms with E-state index in [2.05, 4.69) is 0 Å². The molecule has 2 rings (SSSR count). The van der Waals surface area contributed by atoms with Crippen molar-refractivity contribution in [3.05, 3.63) is 69.8 Å². The first kappa shape index (κ1) is 22.9. The minimum Gasteiger partial charge on any atom is -0.479 e. The van der Waals surface area contributed by atoms with Crippen LogP contribution in [0.3, 0.4) is 0 Å². The molecule has 158 valence electrons. The molecular weight excluding hydrogens is 392 g/mol. The van der Waals surface area contributed by atoms with Gasteiger partial charge in [0.05, 0.1) is 0 Å². The standard InChI is InChI=1S/C22H22O8/c1-11-5-7-15(9-13(11)3)17(23)21(29,19(25)26)22(30,20(27)28)18(24)16-8-6-12(2)14(4)10-16/h5-10,29-30H,1-4H3,(H,25,26)(H,27,28). The topological polar surface area (TPSA) is 149 Å². The fourth-order valence-corrected chi connectivity index (χ4v) is 3.02. The molecule has 4 N–H and O–H groups in total. The Bertz CT molecular complexity index is 985. The summed E-state index contributed by atoms with van der Waals surface area (Å²) in [5.41, 5.74) is -6.05. The third-order valence-corrected chi connectivity index (χ3v) is 5.34. The number of hydrogen-bond donors (Lipinski definition) is 4. The second kappa shape index (κ2) is 7.81. The van der Waals surface area contributed by atoms with E-state index in [4.69, 9.17) is 0 Å². The first-order valence-corrected chi connectivity index (χ1v) is 8.94. The SMILES string of the molecule is Cc1ccc(C(=O)C(O)(C(=O)O)C(O)(C(=O)O)C(=O)c2ccc(C)c(C)c2)cc1C. The van der Waals surface area contributed by atoms with E-state index in [9.17, 15) is 39.6 Å². The molecule has 0 aliphatic rings. The Morgan fingerprint density at radius 3 is 1.13 bits per heavy atom. The lowest BCUT2D eigenvalue weighted by Gasteiger charge is -2.34. The van der Waals surface area contributed by atoms with E-state index in [1.807, 2.05) is 0 Å². The Morgan fingerprint density at radius 1 is 0.600 bits per heavy atom. The first-order valence-electron chi connectivity index (χ1n) is 8.94. The highest BCUT2D eigenvalue weighted by Gasteiger charge is 2.69. The molecular formula is C22H22O8. The number of aliphatic carboxylic acids is 2. The number of Topliss-reactive ketones (excluding diaryl/α,β-unsaturated/α-hetero) is 2. The van der Waals surface area contributed by atoms with E-state index in [-0.39, 0.29) is 11.1 Å². The van der Waals surface area contributed by atoms with E-state index in [1.54, 1.807) is 27.7 Å². The predicted octanol–water partition coefficient (Wildman–Crippen LogP) is 1.62. The van der Waals surface area contributed by atoms with Crippen molar-refractivity contribution in [2.75, 3.05) is 0 Å². The van der Waals surface area contributed by atoms with Crippen LogP contribution in [0, 0.1) is 27.7 Å². The van der Waals surface area contributed by atoms with Crippen molar-refractivity contribution in [1.82, 2.24) is 0 Å². The molecule has 0 bridgehead atoms. The van der Waals surface area contributed by atoms with Crippen molar-refractivity contribution in [2.45, 2.75) is 38.9 Å². The van der Waals surface area contributed by atoms with Gasteiger partial charge in [-0.2, -0.15) is 0 Å². The van der Waals surface area contributed by atoms with Gasteiger partial charge in [0.25, 0.3) is 11.2 Å². The van der Waals surface area contributed by atoms with Crippen molar-refractivity contribution >= 4 is 23.5 Å². The van der Waals surface area contributed by atoms with Crippen LogP contribution >= 0.6 is 0 Å². The van der Waals surface area contributed by atoms with Gasteiger partial charge in [-0.3, -0.25) is 9.59 Å². The maximum absolute atomic E-state index is 13.0. The second-order valence-corrected chi connectivity index (χ2v) is 7.29. The molecule has 0 saturated carbocycles. The van der Waals surface area contributed by atoms with E-state index < -0.39 is 34.7 Å². The number of aliphatic hydroxyl groups is 2. The van der Waals surface area contributed by atoms with Crippen LogP contribution in [0.25, 0.3) is 0 Å². The van der Waals surface area contributed by atoms with Gasteiger partial charge in [0, 0.05) is 11.1 Å². The van der Waals surface area contributed by atoms with E-state index in [0.29, 0.717) is 11.1 Å². The van der Waals surface area contributed by atoms with Gasteiger partial charge >= 0.3 is 11.9 Å². The maximum atomic E-state index is 13.0. The molecule has 8 heteroatoms. The number of carbonyl (C=O) groups is 4. The lowest BCUT2D eigenvalue weighted by atomic mass is 9.72. The summed E-state index contributed by atoms with van der Waals surface area (Å²) >= 11 is 0. The minimum absolute atomic E-state index is 0.365. The highest BCUT2D eigenvalue weighted by molar-refractivity contribution is 6.28. The van der Waals surface area contributed by atoms with E-state index >= 15 is 0 Å². The zero-order valence-corrected chi connectivity index (χ0v) is 16.9. The Balaban J connectivity index is 2.74. The third-order valence-electron chi connectivity index (χ3n) is 5.34. The highest BCUT2D eigenvalue weighted by atomic mass is 16.5. The smallest absolute Gasteiger partial charge is 0.348 e. The molecule has 0 aliphatic carbocycles. The number of hydrogen-bond acceptors (Lipinski definition) is 6. The summed E-state index contributed by atoms with van der Waals surface area (Å²) in [6, 6.07) is 7.79. The Labute approximate surface area is 172 Å². The minimum atomic E-state index is -3.98. The molecule has 2 aromatic rings.